The minimum Gasteiger partial charge on any atom is -0.497 e. The van der Waals surface area contributed by atoms with E-state index in [1.165, 1.54) is 0 Å². The number of benzene rings is 1. The molecule has 4 nitrogen and oxygen atoms in total. The summed E-state index contributed by atoms with van der Waals surface area (Å²) < 4.78 is 5.13. The van der Waals surface area contributed by atoms with Crippen molar-refractivity contribution in [2.45, 2.75) is 13.5 Å². The third-order valence-corrected chi connectivity index (χ3v) is 3.79. The van der Waals surface area contributed by atoms with Crippen molar-refractivity contribution in [2.75, 3.05) is 27.2 Å². The van der Waals surface area contributed by atoms with Gasteiger partial charge in [0.1, 0.15) is 5.75 Å². The van der Waals surface area contributed by atoms with Gasteiger partial charge in [0.15, 0.2) is 0 Å². The van der Waals surface area contributed by atoms with Gasteiger partial charge in [0.25, 0.3) is 0 Å². The summed E-state index contributed by atoms with van der Waals surface area (Å²) in [6.45, 7) is 4.51. The SMILES string of the molecule is COc1ccc(CN(C)C(=O)C2CNCC2C)cc1. The minimum absolute atomic E-state index is 0.114. The predicted octanol–water partition coefficient (Wildman–Crippen LogP) is 1.51. The summed E-state index contributed by atoms with van der Waals surface area (Å²) in [6.07, 6.45) is 0. The van der Waals surface area contributed by atoms with E-state index in [0.717, 1.165) is 24.4 Å². The lowest BCUT2D eigenvalue weighted by atomic mass is 9.96. The second-order valence-corrected chi connectivity index (χ2v) is 5.28. The fraction of sp³-hybridized carbons (Fsp3) is 0.533. The number of hydrogen-bond acceptors (Lipinski definition) is 3. The third kappa shape index (κ3) is 3.26. The number of hydrogen-bond donors (Lipinski definition) is 1. The summed E-state index contributed by atoms with van der Waals surface area (Å²) in [5.74, 6) is 1.61. The van der Waals surface area contributed by atoms with Crippen LogP contribution >= 0.6 is 0 Å². The zero-order valence-electron chi connectivity index (χ0n) is 11.8. The molecule has 1 saturated heterocycles. The summed E-state index contributed by atoms with van der Waals surface area (Å²) >= 11 is 0. The Balaban J connectivity index is 1.95. The molecule has 2 unspecified atom stereocenters. The molecule has 1 aromatic rings. The highest BCUT2D eigenvalue weighted by atomic mass is 16.5. The van der Waals surface area contributed by atoms with Crippen molar-refractivity contribution in [1.29, 1.82) is 0 Å². The molecule has 0 radical (unpaired) electrons. The number of amides is 1. The van der Waals surface area contributed by atoms with E-state index in [4.69, 9.17) is 4.74 Å². The second kappa shape index (κ2) is 6.06. The summed E-state index contributed by atoms with van der Waals surface area (Å²) in [5, 5.41) is 3.27. The zero-order valence-corrected chi connectivity index (χ0v) is 11.8. The van der Waals surface area contributed by atoms with Crippen molar-refractivity contribution in [2.24, 2.45) is 11.8 Å². The highest BCUT2D eigenvalue weighted by Crippen LogP contribution is 2.19. The Kier molecular flexibility index (Phi) is 4.43. The molecule has 1 aliphatic heterocycles. The van der Waals surface area contributed by atoms with E-state index in [-0.39, 0.29) is 11.8 Å². The van der Waals surface area contributed by atoms with E-state index in [0.29, 0.717) is 12.5 Å². The molecule has 2 rings (SSSR count). The Morgan fingerprint density at radius 2 is 2.05 bits per heavy atom. The van der Waals surface area contributed by atoms with E-state index in [2.05, 4.69) is 12.2 Å². The number of ether oxygens (including phenoxy) is 1. The van der Waals surface area contributed by atoms with Gasteiger partial charge in [0.05, 0.1) is 13.0 Å². The fourth-order valence-electron chi connectivity index (χ4n) is 2.51. The Bertz CT molecular complexity index is 430. The number of carbonyl (C=O) groups is 1. The Morgan fingerprint density at radius 1 is 1.37 bits per heavy atom. The molecule has 4 heteroatoms. The summed E-state index contributed by atoms with van der Waals surface area (Å²) in [5.41, 5.74) is 1.12. The van der Waals surface area contributed by atoms with Crippen LogP contribution in [0.2, 0.25) is 0 Å². The number of rotatable bonds is 4. The van der Waals surface area contributed by atoms with Crippen molar-refractivity contribution in [3.8, 4) is 5.75 Å². The maximum atomic E-state index is 12.3. The molecular weight excluding hydrogens is 240 g/mol. The molecule has 1 amide bonds. The van der Waals surface area contributed by atoms with Crippen LogP contribution in [-0.4, -0.2) is 38.1 Å². The molecule has 1 aliphatic rings. The highest BCUT2D eigenvalue weighted by Gasteiger charge is 2.31. The first-order valence-electron chi connectivity index (χ1n) is 6.70. The molecule has 19 heavy (non-hydrogen) atoms. The van der Waals surface area contributed by atoms with Crippen LogP contribution in [0.25, 0.3) is 0 Å². The zero-order chi connectivity index (χ0) is 13.8. The summed E-state index contributed by atoms with van der Waals surface area (Å²) in [6, 6.07) is 7.85. The van der Waals surface area contributed by atoms with Crippen molar-refractivity contribution in [3.05, 3.63) is 29.8 Å². The lowest BCUT2D eigenvalue weighted by Crippen LogP contribution is -2.35. The smallest absolute Gasteiger partial charge is 0.227 e. The molecular formula is C15H22N2O2. The Labute approximate surface area is 114 Å². The van der Waals surface area contributed by atoms with Gasteiger partial charge < -0.3 is 15.0 Å². The van der Waals surface area contributed by atoms with Crippen LogP contribution in [0.3, 0.4) is 0 Å². The largest absolute Gasteiger partial charge is 0.497 e. The van der Waals surface area contributed by atoms with E-state index in [1.54, 1.807) is 7.11 Å². The Morgan fingerprint density at radius 3 is 2.58 bits per heavy atom. The standard InChI is InChI=1S/C15H22N2O2/c1-11-8-16-9-14(11)15(18)17(2)10-12-4-6-13(19-3)7-5-12/h4-7,11,14,16H,8-10H2,1-3H3. The van der Waals surface area contributed by atoms with Crippen molar-refractivity contribution in [1.82, 2.24) is 10.2 Å². The number of methoxy groups -OCH3 is 1. The van der Waals surface area contributed by atoms with Gasteiger partial charge in [-0.2, -0.15) is 0 Å². The van der Waals surface area contributed by atoms with Crippen LogP contribution in [0.1, 0.15) is 12.5 Å². The van der Waals surface area contributed by atoms with Crippen LogP contribution in [0, 0.1) is 11.8 Å². The summed E-state index contributed by atoms with van der Waals surface area (Å²) in [4.78, 5) is 14.2. The average Bonchev–Trinajstić information content (AvgIpc) is 2.85. The lowest BCUT2D eigenvalue weighted by molar-refractivity contribution is -0.135. The highest BCUT2D eigenvalue weighted by molar-refractivity contribution is 5.79. The van der Waals surface area contributed by atoms with Gasteiger partial charge in [-0.25, -0.2) is 0 Å². The molecule has 0 aromatic heterocycles. The molecule has 0 bridgehead atoms. The monoisotopic (exact) mass is 262 g/mol. The fourth-order valence-corrected chi connectivity index (χ4v) is 2.51. The van der Waals surface area contributed by atoms with Gasteiger partial charge >= 0.3 is 0 Å². The van der Waals surface area contributed by atoms with E-state index < -0.39 is 0 Å². The number of nitrogens with one attached hydrogen (secondary N) is 1. The van der Waals surface area contributed by atoms with Crippen molar-refractivity contribution in [3.63, 3.8) is 0 Å². The molecule has 1 aromatic carbocycles. The maximum Gasteiger partial charge on any atom is 0.227 e. The minimum atomic E-state index is 0.114. The van der Waals surface area contributed by atoms with E-state index in [9.17, 15) is 4.79 Å². The molecule has 0 spiro atoms. The molecule has 1 N–H and O–H groups in total. The second-order valence-electron chi connectivity index (χ2n) is 5.28. The van der Waals surface area contributed by atoms with Crippen LogP contribution in [0.5, 0.6) is 5.75 Å². The third-order valence-electron chi connectivity index (χ3n) is 3.79. The van der Waals surface area contributed by atoms with Gasteiger partial charge in [-0.1, -0.05) is 19.1 Å². The van der Waals surface area contributed by atoms with Crippen LogP contribution < -0.4 is 10.1 Å². The number of carbonyl (C=O) groups excluding carboxylic acids is 1. The summed E-state index contributed by atoms with van der Waals surface area (Å²) in [7, 11) is 3.52. The first-order valence-corrected chi connectivity index (χ1v) is 6.70. The molecule has 104 valence electrons. The Hall–Kier alpha value is -1.55. The van der Waals surface area contributed by atoms with Crippen LogP contribution in [0.15, 0.2) is 24.3 Å². The first kappa shape index (κ1) is 13.9. The van der Waals surface area contributed by atoms with Crippen molar-refractivity contribution < 1.29 is 9.53 Å². The maximum absolute atomic E-state index is 12.3. The molecule has 0 saturated carbocycles. The normalized spacial score (nSPS) is 22.3. The van der Waals surface area contributed by atoms with Gasteiger partial charge in [0.2, 0.25) is 5.91 Å². The van der Waals surface area contributed by atoms with Crippen LogP contribution in [0.4, 0.5) is 0 Å². The van der Waals surface area contributed by atoms with Gasteiger partial charge in [-0.05, 0) is 30.2 Å². The van der Waals surface area contributed by atoms with Gasteiger partial charge in [0, 0.05) is 20.1 Å². The molecule has 1 fully saturated rings. The van der Waals surface area contributed by atoms with Gasteiger partial charge in [-0.15, -0.1) is 0 Å². The van der Waals surface area contributed by atoms with Gasteiger partial charge in [-0.3, -0.25) is 4.79 Å². The predicted molar refractivity (Wildman–Crippen MR) is 75.0 cm³/mol. The molecule has 2 atom stereocenters. The molecule has 0 aliphatic carbocycles. The lowest BCUT2D eigenvalue weighted by Gasteiger charge is -2.23. The molecule has 1 heterocycles. The average molecular weight is 262 g/mol. The van der Waals surface area contributed by atoms with E-state index in [1.807, 2.05) is 36.2 Å². The first-order chi connectivity index (χ1) is 9.11. The number of nitrogens with zero attached hydrogens (tertiary/aromatic N) is 1. The van der Waals surface area contributed by atoms with Crippen LogP contribution in [-0.2, 0) is 11.3 Å². The quantitative estimate of drug-likeness (QED) is 0.894. The van der Waals surface area contributed by atoms with Crippen molar-refractivity contribution >= 4 is 5.91 Å². The van der Waals surface area contributed by atoms with E-state index >= 15 is 0 Å². The topological polar surface area (TPSA) is 41.6 Å².